The van der Waals surface area contributed by atoms with E-state index in [9.17, 15) is 4.79 Å². The van der Waals surface area contributed by atoms with Crippen molar-refractivity contribution >= 4 is 5.97 Å². The van der Waals surface area contributed by atoms with E-state index in [4.69, 9.17) is 20.1 Å². The number of rotatable bonds is 3. The number of hydrogen-bond donors (Lipinski definition) is 3. The van der Waals surface area contributed by atoms with Crippen LogP contribution in [0.15, 0.2) is 30.3 Å². The summed E-state index contributed by atoms with van der Waals surface area (Å²) in [6, 6.07) is 8.93. The topological polar surface area (TPSA) is 87.0 Å². The Bertz CT molecular complexity index is 254. The third-order valence-electron chi connectivity index (χ3n) is 1.37. The number of ether oxygens (including phenoxy) is 1. The normalized spacial score (nSPS) is 6.89. The summed E-state index contributed by atoms with van der Waals surface area (Å²) in [7, 11) is 3.00. The summed E-state index contributed by atoms with van der Waals surface area (Å²) in [4.78, 5) is 11.2. The van der Waals surface area contributed by atoms with Crippen LogP contribution in [0, 0.1) is 6.61 Å². The maximum Gasteiger partial charge on any atom is 0.306 e. The van der Waals surface area contributed by atoms with E-state index < -0.39 is 0 Å². The molecule has 3 N–H and O–H groups in total. The van der Waals surface area contributed by atoms with Gasteiger partial charge in [0.1, 0.15) is 0 Å². The van der Waals surface area contributed by atoms with E-state index in [1.165, 1.54) is 6.61 Å². The van der Waals surface area contributed by atoms with Gasteiger partial charge in [0.15, 0.2) is 0 Å². The number of aliphatic hydroxyl groups excluding tert-OH is 3. The average Bonchev–Trinajstić information content (AvgIpc) is 2.51. The molecule has 0 radical (unpaired) electrons. The Labute approximate surface area is 130 Å². The van der Waals surface area contributed by atoms with Gasteiger partial charge in [0.25, 0.3) is 0 Å². The molecule has 19 heavy (non-hydrogen) atoms. The summed E-state index contributed by atoms with van der Waals surface area (Å²) in [6.07, 6.45) is 0.735. The van der Waals surface area contributed by atoms with E-state index in [1.807, 2.05) is 25.1 Å². The quantitative estimate of drug-likeness (QED) is 0.444. The van der Waals surface area contributed by atoms with E-state index in [-0.39, 0.29) is 27.7 Å². The second-order valence-electron chi connectivity index (χ2n) is 2.35. The van der Waals surface area contributed by atoms with E-state index in [0.717, 1.165) is 27.8 Å². The molecule has 5 nitrogen and oxygen atoms in total. The van der Waals surface area contributed by atoms with Crippen molar-refractivity contribution in [2.24, 2.45) is 0 Å². The van der Waals surface area contributed by atoms with Crippen LogP contribution >= 0.6 is 0 Å². The van der Waals surface area contributed by atoms with Crippen molar-refractivity contribution in [3.8, 4) is 0 Å². The van der Waals surface area contributed by atoms with Gasteiger partial charge in [-0.2, -0.15) is 6.61 Å². The molecule has 0 spiro atoms. The van der Waals surface area contributed by atoms with Gasteiger partial charge in [0.2, 0.25) is 0 Å². The second-order valence-corrected chi connectivity index (χ2v) is 2.35. The minimum atomic E-state index is -0.294. The van der Waals surface area contributed by atoms with Crippen molar-refractivity contribution in [3.05, 3.63) is 42.5 Å². The Kier molecular flexibility index (Phi) is 36.6. The molecule has 0 bridgehead atoms. The zero-order chi connectivity index (χ0) is 14.8. The van der Waals surface area contributed by atoms with Crippen molar-refractivity contribution in [2.75, 3.05) is 21.3 Å². The van der Waals surface area contributed by atoms with Gasteiger partial charge in [-0.25, -0.2) is 4.79 Å². The summed E-state index contributed by atoms with van der Waals surface area (Å²) in [5.74, 6) is -0.294. The summed E-state index contributed by atoms with van der Waals surface area (Å²) >= 11 is 0. The van der Waals surface area contributed by atoms with Crippen LogP contribution in [-0.4, -0.2) is 42.6 Å². The number of carbonyl (C=O) groups is 1. The maximum atomic E-state index is 11.2. The zero-order valence-electron chi connectivity index (χ0n) is 11.8. The maximum absolute atomic E-state index is 11.2. The van der Waals surface area contributed by atoms with Gasteiger partial charge in [0.05, 0.1) is 5.56 Å². The summed E-state index contributed by atoms with van der Waals surface area (Å²) in [6.45, 7) is 3.41. The van der Waals surface area contributed by atoms with E-state index >= 15 is 0 Å². The first-order chi connectivity index (χ1) is 8.84. The molecule has 0 aromatic heterocycles. The molecule has 0 heterocycles. The minimum Gasteiger partial charge on any atom is -0.633 e. The molecule has 0 atom stereocenters. The first-order valence-electron chi connectivity index (χ1n) is 5.26. The van der Waals surface area contributed by atoms with Crippen molar-refractivity contribution < 1.29 is 46.6 Å². The molecular formula is C13H23O5Ti-. The molecule has 0 aliphatic rings. The monoisotopic (exact) mass is 307 g/mol. The zero-order valence-corrected chi connectivity index (χ0v) is 13.4. The molecule has 1 aromatic rings. The molecular weight excluding hydrogens is 284 g/mol. The number of aliphatic hydroxyl groups is 3. The van der Waals surface area contributed by atoms with Gasteiger partial charge in [0, 0.05) is 43.0 Å². The summed E-state index contributed by atoms with van der Waals surface area (Å²) < 4.78 is 4.81. The molecule has 1 aromatic carbocycles. The second kappa shape index (κ2) is 26.0. The summed E-state index contributed by atoms with van der Waals surface area (Å²) in [5.41, 5.74) is 0.585. The van der Waals surface area contributed by atoms with Crippen molar-refractivity contribution in [1.29, 1.82) is 0 Å². The number of hydrogen-bond acceptors (Lipinski definition) is 5. The van der Waals surface area contributed by atoms with Crippen LogP contribution in [0.1, 0.15) is 23.7 Å². The molecule has 1 rings (SSSR count). The number of benzene rings is 1. The fourth-order valence-corrected chi connectivity index (χ4v) is 0.801. The van der Waals surface area contributed by atoms with Crippen molar-refractivity contribution in [3.63, 3.8) is 0 Å². The predicted molar refractivity (Wildman–Crippen MR) is 70.9 cm³/mol. The first kappa shape index (κ1) is 26.8. The molecule has 0 unspecified atom stereocenters. The smallest absolute Gasteiger partial charge is 0.306 e. The van der Waals surface area contributed by atoms with E-state index in [0.29, 0.717) is 5.56 Å². The predicted octanol–water partition coefficient (Wildman–Crippen LogP) is 1.24. The Morgan fingerprint density at radius 1 is 1.05 bits per heavy atom. The average molecular weight is 307 g/mol. The minimum absolute atomic E-state index is 0. The molecule has 110 valence electrons. The molecule has 0 saturated carbocycles. The van der Waals surface area contributed by atoms with Gasteiger partial charge in [-0.05, 0) is 12.1 Å². The molecule has 0 amide bonds. The Balaban J connectivity index is -0.000000142. The third kappa shape index (κ3) is 17.3. The van der Waals surface area contributed by atoms with Gasteiger partial charge in [-0.1, -0.05) is 25.1 Å². The first-order valence-corrected chi connectivity index (χ1v) is 5.26. The van der Waals surface area contributed by atoms with Gasteiger partial charge in [-0.15, -0.1) is 6.42 Å². The Hall–Kier alpha value is -0.716. The summed E-state index contributed by atoms with van der Waals surface area (Å²) in [5, 5.41) is 21.0. The van der Waals surface area contributed by atoms with Crippen LogP contribution < -0.4 is 0 Å². The van der Waals surface area contributed by atoms with Crippen LogP contribution in [0.2, 0.25) is 0 Å². The van der Waals surface area contributed by atoms with Crippen LogP contribution in [0.4, 0.5) is 0 Å². The fourth-order valence-electron chi connectivity index (χ4n) is 0.801. The SMILES string of the molecule is CC[CH-]OC(=O)c1ccccc1.CO.CO.CO.[Ti]. The third-order valence-corrected chi connectivity index (χ3v) is 1.37. The Morgan fingerprint density at radius 2 is 1.47 bits per heavy atom. The largest absolute Gasteiger partial charge is 0.633 e. The molecule has 0 aliphatic heterocycles. The fraction of sp³-hybridized carbons (Fsp3) is 0.385. The molecule has 0 saturated heterocycles. The van der Waals surface area contributed by atoms with Crippen LogP contribution in [0.3, 0.4) is 0 Å². The van der Waals surface area contributed by atoms with E-state index in [1.54, 1.807) is 12.1 Å². The van der Waals surface area contributed by atoms with Gasteiger partial charge in [-0.3, -0.25) is 0 Å². The van der Waals surface area contributed by atoms with Crippen molar-refractivity contribution in [1.82, 2.24) is 0 Å². The molecule has 6 heteroatoms. The number of carbonyl (C=O) groups excluding carboxylic acids is 1. The van der Waals surface area contributed by atoms with Crippen LogP contribution in [-0.2, 0) is 26.5 Å². The van der Waals surface area contributed by atoms with Crippen LogP contribution in [0.25, 0.3) is 0 Å². The standard InChI is InChI=1S/C10H11O2.3CH4O.Ti/c1-2-8-12-10(11)9-6-4-3-5-7-9;3*1-2;/h3-8H,2H2,1H3;3*2H,1H3;/q-1;;;;. The van der Waals surface area contributed by atoms with Gasteiger partial charge >= 0.3 is 5.97 Å². The van der Waals surface area contributed by atoms with Crippen molar-refractivity contribution in [2.45, 2.75) is 13.3 Å². The molecule has 0 fully saturated rings. The number of esters is 1. The van der Waals surface area contributed by atoms with E-state index in [2.05, 4.69) is 0 Å². The Morgan fingerprint density at radius 3 is 1.84 bits per heavy atom. The van der Waals surface area contributed by atoms with Gasteiger partial charge < -0.3 is 20.1 Å². The van der Waals surface area contributed by atoms with Crippen LogP contribution in [0.5, 0.6) is 0 Å². The molecule has 0 aliphatic carbocycles.